The Balaban J connectivity index is 1.83. The molecule has 2 saturated carbocycles. The molecule has 0 atom stereocenters. The van der Waals surface area contributed by atoms with E-state index in [0.717, 1.165) is 12.0 Å². The summed E-state index contributed by atoms with van der Waals surface area (Å²) < 4.78 is 0. The van der Waals surface area contributed by atoms with Crippen molar-refractivity contribution in [2.24, 2.45) is 5.41 Å². The molecule has 0 aliphatic heterocycles. The summed E-state index contributed by atoms with van der Waals surface area (Å²) in [6.07, 6.45) is 5.84. The first-order valence-electron chi connectivity index (χ1n) is 5.47. The van der Waals surface area contributed by atoms with Crippen LogP contribution in [0.2, 0.25) is 0 Å². The third-order valence-electron chi connectivity index (χ3n) is 3.94. The van der Waals surface area contributed by atoms with E-state index in [0.29, 0.717) is 5.41 Å². The Morgan fingerprint density at radius 2 is 2.21 bits per heavy atom. The van der Waals surface area contributed by atoms with Crippen molar-refractivity contribution in [2.75, 3.05) is 13.6 Å². The zero-order valence-electron chi connectivity index (χ0n) is 8.68. The van der Waals surface area contributed by atoms with Gasteiger partial charge in [0, 0.05) is 16.8 Å². The van der Waals surface area contributed by atoms with E-state index in [1.807, 2.05) is 11.3 Å². The van der Waals surface area contributed by atoms with Gasteiger partial charge in [-0.25, -0.2) is 0 Å². The number of thiophene rings is 1. The van der Waals surface area contributed by atoms with E-state index >= 15 is 0 Å². The van der Waals surface area contributed by atoms with Crippen LogP contribution in [0, 0.1) is 5.41 Å². The van der Waals surface area contributed by atoms with Gasteiger partial charge in [0.1, 0.15) is 0 Å². The van der Waals surface area contributed by atoms with Gasteiger partial charge in [-0.2, -0.15) is 0 Å². The van der Waals surface area contributed by atoms with Gasteiger partial charge in [0.15, 0.2) is 0 Å². The molecule has 1 nitrogen and oxygen atoms in total. The summed E-state index contributed by atoms with van der Waals surface area (Å²) in [6.45, 7) is 1.16. The van der Waals surface area contributed by atoms with Gasteiger partial charge >= 0.3 is 0 Å². The molecule has 0 unspecified atom stereocenters. The second kappa shape index (κ2) is 2.83. The molecule has 0 bridgehead atoms. The van der Waals surface area contributed by atoms with E-state index in [1.165, 1.54) is 25.7 Å². The molecule has 1 heterocycles. The maximum atomic E-state index is 3.37. The molecule has 2 heteroatoms. The van der Waals surface area contributed by atoms with Gasteiger partial charge in [0.2, 0.25) is 0 Å². The molecule has 1 aromatic rings. The molecule has 76 valence electrons. The van der Waals surface area contributed by atoms with Gasteiger partial charge in [-0.1, -0.05) is 6.07 Å². The highest BCUT2D eigenvalue weighted by molar-refractivity contribution is 7.10. The second-order valence-electron chi connectivity index (χ2n) is 5.14. The third-order valence-corrected chi connectivity index (χ3v) is 5.06. The average molecular weight is 207 g/mol. The highest BCUT2D eigenvalue weighted by Crippen LogP contribution is 2.69. The van der Waals surface area contributed by atoms with Gasteiger partial charge in [0.05, 0.1) is 0 Å². The first-order valence-corrected chi connectivity index (χ1v) is 6.35. The minimum Gasteiger partial charge on any atom is -0.319 e. The maximum Gasteiger partial charge on any atom is 0.0182 e. The molecule has 2 fully saturated rings. The topological polar surface area (TPSA) is 12.0 Å². The molecule has 2 aliphatic carbocycles. The smallest absolute Gasteiger partial charge is 0.0182 e. The molecular weight excluding hydrogens is 190 g/mol. The summed E-state index contributed by atoms with van der Waals surface area (Å²) >= 11 is 1.93. The second-order valence-corrected chi connectivity index (χ2v) is 6.09. The molecule has 3 rings (SSSR count). The Hall–Kier alpha value is -0.340. The molecule has 1 aromatic heterocycles. The van der Waals surface area contributed by atoms with Crippen molar-refractivity contribution in [3.63, 3.8) is 0 Å². The zero-order chi connectivity index (χ0) is 9.65. The van der Waals surface area contributed by atoms with E-state index in [9.17, 15) is 0 Å². The number of likely N-dealkylation sites (N-methyl/N-ethyl adjacent to an activating group) is 1. The first kappa shape index (κ1) is 8.93. The van der Waals surface area contributed by atoms with E-state index in [-0.39, 0.29) is 0 Å². The third kappa shape index (κ3) is 1.17. The molecule has 0 amide bonds. The van der Waals surface area contributed by atoms with Crippen LogP contribution in [-0.2, 0) is 5.41 Å². The normalized spacial score (nSPS) is 26.1. The fraction of sp³-hybridized carbons (Fsp3) is 0.667. The molecule has 1 spiro atoms. The fourth-order valence-electron chi connectivity index (χ4n) is 3.22. The Morgan fingerprint density at radius 1 is 1.43 bits per heavy atom. The molecule has 0 radical (unpaired) electrons. The van der Waals surface area contributed by atoms with E-state index in [1.54, 1.807) is 4.88 Å². The lowest BCUT2D eigenvalue weighted by Gasteiger charge is -2.48. The summed E-state index contributed by atoms with van der Waals surface area (Å²) in [5.74, 6) is 0. The van der Waals surface area contributed by atoms with Crippen molar-refractivity contribution < 1.29 is 0 Å². The quantitative estimate of drug-likeness (QED) is 0.803. The Morgan fingerprint density at radius 3 is 2.71 bits per heavy atom. The van der Waals surface area contributed by atoms with Crippen molar-refractivity contribution in [3.8, 4) is 0 Å². The van der Waals surface area contributed by atoms with Gasteiger partial charge in [0.25, 0.3) is 0 Å². The molecular formula is C12H17NS. The van der Waals surface area contributed by atoms with Crippen molar-refractivity contribution in [1.29, 1.82) is 0 Å². The molecule has 0 saturated heterocycles. The van der Waals surface area contributed by atoms with Crippen molar-refractivity contribution >= 4 is 11.3 Å². The monoisotopic (exact) mass is 207 g/mol. The lowest BCUT2D eigenvalue weighted by Crippen LogP contribution is -2.48. The van der Waals surface area contributed by atoms with Crippen LogP contribution in [0.3, 0.4) is 0 Å². The lowest BCUT2D eigenvalue weighted by molar-refractivity contribution is 0.122. The largest absolute Gasteiger partial charge is 0.319 e. The summed E-state index contributed by atoms with van der Waals surface area (Å²) in [6, 6.07) is 4.51. The van der Waals surface area contributed by atoms with E-state index in [2.05, 4.69) is 29.9 Å². The molecule has 2 aliphatic rings. The van der Waals surface area contributed by atoms with Crippen LogP contribution < -0.4 is 5.32 Å². The minimum absolute atomic E-state index is 0.499. The molecule has 1 N–H and O–H groups in total. The zero-order valence-corrected chi connectivity index (χ0v) is 9.49. The lowest BCUT2D eigenvalue weighted by atomic mass is 9.59. The average Bonchev–Trinajstić information content (AvgIpc) is 2.72. The predicted molar refractivity (Wildman–Crippen MR) is 60.8 cm³/mol. The fourth-order valence-corrected chi connectivity index (χ4v) is 4.15. The van der Waals surface area contributed by atoms with Crippen LogP contribution in [0.5, 0.6) is 0 Å². The van der Waals surface area contributed by atoms with Crippen molar-refractivity contribution in [3.05, 3.63) is 22.4 Å². The van der Waals surface area contributed by atoms with E-state index < -0.39 is 0 Å². The summed E-state index contributed by atoms with van der Waals surface area (Å²) in [5.41, 5.74) is 1.29. The van der Waals surface area contributed by atoms with Crippen LogP contribution in [0.15, 0.2) is 17.5 Å². The highest BCUT2D eigenvalue weighted by Gasteiger charge is 2.61. The Kier molecular flexibility index (Phi) is 1.80. The summed E-state index contributed by atoms with van der Waals surface area (Å²) in [5, 5.41) is 5.58. The van der Waals surface area contributed by atoms with Crippen molar-refractivity contribution in [1.82, 2.24) is 5.32 Å². The van der Waals surface area contributed by atoms with Gasteiger partial charge in [-0.3, -0.25) is 0 Å². The van der Waals surface area contributed by atoms with Crippen LogP contribution >= 0.6 is 11.3 Å². The SMILES string of the molecule is CNCC1(c2cccs2)CC2(CC2)C1. The standard InChI is InChI=1S/C12H17NS/c1-13-9-12(10-3-2-6-14-10)7-11(8-12)4-5-11/h2-3,6,13H,4-5,7-9H2,1H3. The van der Waals surface area contributed by atoms with Crippen molar-refractivity contribution in [2.45, 2.75) is 31.1 Å². The number of hydrogen-bond donors (Lipinski definition) is 1. The van der Waals surface area contributed by atoms with E-state index in [4.69, 9.17) is 0 Å². The Bertz CT molecular complexity index is 316. The number of nitrogens with one attached hydrogen (secondary N) is 1. The van der Waals surface area contributed by atoms with Crippen LogP contribution in [0.4, 0.5) is 0 Å². The number of rotatable bonds is 3. The van der Waals surface area contributed by atoms with Gasteiger partial charge < -0.3 is 5.32 Å². The van der Waals surface area contributed by atoms with Gasteiger partial charge in [-0.15, -0.1) is 11.3 Å². The van der Waals surface area contributed by atoms with Gasteiger partial charge in [-0.05, 0) is 49.6 Å². The maximum absolute atomic E-state index is 3.37. The Labute approximate surface area is 89.5 Å². The summed E-state index contributed by atoms with van der Waals surface area (Å²) in [7, 11) is 2.08. The van der Waals surface area contributed by atoms with Crippen LogP contribution in [0.25, 0.3) is 0 Å². The molecule has 14 heavy (non-hydrogen) atoms. The van der Waals surface area contributed by atoms with Crippen LogP contribution in [0.1, 0.15) is 30.6 Å². The first-order chi connectivity index (χ1) is 6.79. The minimum atomic E-state index is 0.499. The predicted octanol–water partition coefficient (Wildman–Crippen LogP) is 2.78. The number of hydrogen-bond acceptors (Lipinski definition) is 2. The van der Waals surface area contributed by atoms with Crippen LogP contribution in [-0.4, -0.2) is 13.6 Å². The molecule has 0 aromatic carbocycles. The summed E-state index contributed by atoms with van der Waals surface area (Å²) in [4.78, 5) is 1.60. The highest BCUT2D eigenvalue weighted by atomic mass is 32.1.